The van der Waals surface area contributed by atoms with Crippen molar-refractivity contribution in [2.24, 2.45) is 11.8 Å². The van der Waals surface area contributed by atoms with Gasteiger partial charge in [-0.3, -0.25) is 0 Å². The van der Waals surface area contributed by atoms with Crippen LogP contribution < -0.4 is 5.32 Å². The molecular weight excluding hydrogens is 214 g/mol. The molecule has 0 aromatic carbocycles. The lowest BCUT2D eigenvalue weighted by molar-refractivity contribution is 0.312. The Hall–Kier alpha value is -0.340. The zero-order chi connectivity index (χ0) is 12.2. The minimum atomic E-state index is 0.224. The molecule has 1 unspecified atom stereocenters. The van der Waals surface area contributed by atoms with Crippen molar-refractivity contribution in [2.45, 2.75) is 46.6 Å². The van der Waals surface area contributed by atoms with Crippen LogP contribution in [-0.2, 0) is 6.42 Å². The molecule has 1 rings (SSSR count). The lowest BCUT2D eigenvalue weighted by Gasteiger charge is -2.27. The molecule has 1 nitrogen and oxygen atoms in total. The molecule has 1 atom stereocenters. The maximum atomic E-state index is 3.62. The molecule has 0 saturated heterocycles. The predicted molar refractivity (Wildman–Crippen MR) is 74.1 cm³/mol. The quantitative estimate of drug-likeness (QED) is 0.820. The SMILES string of the molecule is CC(C)C(CNC(C)(C)C)Cc1ccsc1. The minimum Gasteiger partial charge on any atom is -0.312 e. The first-order valence-corrected chi connectivity index (χ1v) is 7.09. The lowest BCUT2D eigenvalue weighted by atomic mass is 9.89. The zero-order valence-corrected chi connectivity index (χ0v) is 12.0. The third-order valence-corrected chi connectivity index (χ3v) is 3.65. The molecule has 0 spiro atoms. The van der Waals surface area contributed by atoms with E-state index in [-0.39, 0.29) is 5.54 Å². The summed E-state index contributed by atoms with van der Waals surface area (Å²) in [6.07, 6.45) is 1.20. The van der Waals surface area contributed by atoms with E-state index in [1.54, 1.807) is 11.3 Å². The molecule has 16 heavy (non-hydrogen) atoms. The molecule has 1 aromatic rings. The van der Waals surface area contributed by atoms with E-state index in [1.165, 1.54) is 12.0 Å². The molecule has 0 amide bonds. The van der Waals surface area contributed by atoms with E-state index in [4.69, 9.17) is 0 Å². The monoisotopic (exact) mass is 239 g/mol. The van der Waals surface area contributed by atoms with Gasteiger partial charge in [0.2, 0.25) is 0 Å². The van der Waals surface area contributed by atoms with Crippen molar-refractivity contribution in [1.29, 1.82) is 0 Å². The van der Waals surface area contributed by atoms with Crippen LogP contribution >= 0.6 is 11.3 Å². The Balaban J connectivity index is 2.48. The highest BCUT2D eigenvalue weighted by Gasteiger charge is 2.17. The van der Waals surface area contributed by atoms with Gasteiger partial charge in [-0.25, -0.2) is 0 Å². The molecule has 0 aliphatic rings. The average Bonchev–Trinajstić information content (AvgIpc) is 2.62. The summed E-state index contributed by atoms with van der Waals surface area (Å²) >= 11 is 1.80. The van der Waals surface area contributed by atoms with Gasteiger partial charge in [-0.05, 0) is 68.0 Å². The molecule has 0 bridgehead atoms. The molecule has 0 aliphatic heterocycles. The van der Waals surface area contributed by atoms with Crippen LogP contribution in [0.15, 0.2) is 16.8 Å². The Morgan fingerprint density at radius 3 is 2.44 bits per heavy atom. The van der Waals surface area contributed by atoms with Crippen LogP contribution in [-0.4, -0.2) is 12.1 Å². The van der Waals surface area contributed by atoms with Gasteiger partial charge in [-0.2, -0.15) is 11.3 Å². The molecule has 2 heteroatoms. The van der Waals surface area contributed by atoms with E-state index in [2.05, 4.69) is 56.8 Å². The van der Waals surface area contributed by atoms with Gasteiger partial charge >= 0.3 is 0 Å². The van der Waals surface area contributed by atoms with Crippen molar-refractivity contribution in [1.82, 2.24) is 5.32 Å². The summed E-state index contributed by atoms with van der Waals surface area (Å²) in [5, 5.41) is 8.06. The highest BCUT2D eigenvalue weighted by Crippen LogP contribution is 2.19. The van der Waals surface area contributed by atoms with E-state index >= 15 is 0 Å². The second-order valence-electron chi connectivity index (χ2n) is 5.97. The van der Waals surface area contributed by atoms with E-state index in [0.29, 0.717) is 0 Å². The van der Waals surface area contributed by atoms with Gasteiger partial charge in [0.25, 0.3) is 0 Å². The highest BCUT2D eigenvalue weighted by atomic mass is 32.1. The molecule has 0 saturated carbocycles. The molecular formula is C14H25NS. The van der Waals surface area contributed by atoms with Crippen molar-refractivity contribution in [3.63, 3.8) is 0 Å². The van der Waals surface area contributed by atoms with Crippen molar-refractivity contribution in [3.8, 4) is 0 Å². The molecule has 92 valence electrons. The summed E-state index contributed by atoms with van der Waals surface area (Å²) in [6.45, 7) is 12.4. The van der Waals surface area contributed by atoms with Crippen LogP contribution in [0.5, 0.6) is 0 Å². The normalized spacial score (nSPS) is 14.4. The van der Waals surface area contributed by atoms with E-state index in [9.17, 15) is 0 Å². The number of thiophene rings is 1. The summed E-state index contributed by atoms with van der Waals surface area (Å²) in [4.78, 5) is 0. The fraction of sp³-hybridized carbons (Fsp3) is 0.714. The van der Waals surface area contributed by atoms with Crippen molar-refractivity contribution in [2.75, 3.05) is 6.54 Å². The molecule has 1 N–H and O–H groups in total. The second-order valence-corrected chi connectivity index (χ2v) is 6.75. The first kappa shape index (κ1) is 13.7. The maximum absolute atomic E-state index is 3.62. The topological polar surface area (TPSA) is 12.0 Å². The third kappa shape index (κ3) is 5.13. The largest absolute Gasteiger partial charge is 0.312 e. The number of hydrogen-bond acceptors (Lipinski definition) is 2. The smallest absolute Gasteiger partial charge is 0.00966 e. The summed E-state index contributed by atoms with van der Waals surface area (Å²) in [5.74, 6) is 1.46. The summed E-state index contributed by atoms with van der Waals surface area (Å²) < 4.78 is 0. The van der Waals surface area contributed by atoms with Crippen LogP contribution in [0.3, 0.4) is 0 Å². The Kier molecular flexibility index (Phi) is 5.00. The van der Waals surface area contributed by atoms with Gasteiger partial charge in [0.15, 0.2) is 0 Å². The van der Waals surface area contributed by atoms with Gasteiger partial charge < -0.3 is 5.32 Å². The van der Waals surface area contributed by atoms with Crippen molar-refractivity contribution < 1.29 is 0 Å². The van der Waals surface area contributed by atoms with E-state index in [0.717, 1.165) is 18.4 Å². The molecule has 0 aliphatic carbocycles. The fourth-order valence-electron chi connectivity index (χ4n) is 1.69. The van der Waals surface area contributed by atoms with Crippen molar-refractivity contribution >= 4 is 11.3 Å². The Morgan fingerprint density at radius 2 is 2.00 bits per heavy atom. The number of nitrogens with one attached hydrogen (secondary N) is 1. The lowest BCUT2D eigenvalue weighted by Crippen LogP contribution is -2.40. The van der Waals surface area contributed by atoms with Crippen LogP contribution in [0, 0.1) is 11.8 Å². The fourth-order valence-corrected chi connectivity index (χ4v) is 2.37. The Bertz CT molecular complexity index is 282. The standard InChI is InChI=1S/C14H25NS/c1-11(2)13(9-15-14(3,4)5)8-12-6-7-16-10-12/h6-7,10-11,13,15H,8-9H2,1-5H3. The Morgan fingerprint density at radius 1 is 1.31 bits per heavy atom. The first-order chi connectivity index (χ1) is 7.38. The Labute approximate surface area is 104 Å². The van der Waals surface area contributed by atoms with Crippen LogP contribution in [0.4, 0.5) is 0 Å². The zero-order valence-electron chi connectivity index (χ0n) is 11.2. The van der Waals surface area contributed by atoms with Gasteiger partial charge in [0, 0.05) is 5.54 Å². The minimum absolute atomic E-state index is 0.224. The number of hydrogen-bond donors (Lipinski definition) is 1. The van der Waals surface area contributed by atoms with E-state index < -0.39 is 0 Å². The van der Waals surface area contributed by atoms with Gasteiger partial charge in [-0.1, -0.05) is 13.8 Å². The van der Waals surface area contributed by atoms with Gasteiger partial charge in [0.05, 0.1) is 0 Å². The van der Waals surface area contributed by atoms with Crippen LogP contribution in [0.1, 0.15) is 40.2 Å². The molecule has 1 aromatic heterocycles. The molecule has 0 radical (unpaired) electrons. The summed E-state index contributed by atoms with van der Waals surface area (Å²) in [7, 11) is 0. The average molecular weight is 239 g/mol. The summed E-state index contributed by atoms with van der Waals surface area (Å²) in [5.41, 5.74) is 1.71. The second kappa shape index (κ2) is 5.83. The predicted octanol–water partition coefficient (Wildman–Crippen LogP) is 3.95. The van der Waals surface area contributed by atoms with Crippen LogP contribution in [0.25, 0.3) is 0 Å². The van der Waals surface area contributed by atoms with Crippen LogP contribution in [0.2, 0.25) is 0 Å². The molecule has 1 heterocycles. The first-order valence-electron chi connectivity index (χ1n) is 6.14. The van der Waals surface area contributed by atoms with Crippen molar-refractivity contribution in [3.05, 3.63) is 22.4 Å². The van der Waals surface area contributed by atoms with Gasteiger partial charge in [-0.15, -0.1) is 0 Å². The highest BCUT2D eigenvalue weighted by molar-refractivity contribution is 7.07. The third-order valence-electron chi connectivity index (χ3n) is 2.92. The van der Waals surface area contributed by atoms with E-state index in [1.807, 2.05) is 0 Å². The number of rotatable bonds is 5. The summed E-state index contributed by atoms with van der Waals surface area (Å²) in [6, 6.07) is 2.25. The molecule has 0 fully saturated rings. The van der Waals surface area contributed by atoms with Gasteiger partial charge in [0.1, 0.15) is 0 Å². The maximum Gasteiger partial charge on any atom is 0.00966 e.